The quantitative estimate of drug-likeness (QED) is 0.173. The van der Waals surface area contributed by atoms with E-state index in [9.17, 15) is 45.5 Å². The molecule has 0 spiro atoms. The molecule has 0 aromatic heterocycles. The third-order valence-electron chi connectivity index (χ3n) is 7.50. The van der Waals surface area contributed by atoms with Gasteiger partial charge in [-0.1, -0.05) is 23.8 Å². The standard InChI is InChI=1S/C32H18F6N2O5/c1-15-3-7-18(8-4-15)45-19-9-5-17(6-10-19)40-28(42)22-13-16(14-23(31(33,34)35)24(22)30(40)44)20-11-12-21-25(26(20)32(36,37)38)29(43)39(2)27(21)41/h3-14H,1-2H3. The molecule has 13 heteroatoms. The molecule has 0 bridgehead atoms. The predicted octanol–water partition coefficient (Wildman–Crippen LogP) is 7.52. The number of rotatable bonds is 4. The zero-order chi connectivity index (χ0) is 32.6. The minimum atomic E-state index is -5.28. The molecule has 0 atom stereocenters. The largest absolute Gasteiger partial charge is 0.457 e. The second-order valence-electron chi connectivity index (χ2n) is 10.4. The van der Waals surface area contributed by atoms with Crippen LogP contribution in [0.25, 0.3) is 11.1 Å². The maximum atomic E-state index is 14.4. The van der Waals surface area contributed by atoms with Gasteiger partial charge in [0.05, 0.1) is 39.1 Å². The van der Waals surface area contributed by atoms with Crippen LogP contribution in [0.3, 0.4) is 0 Å². The van der Waals surface area contributed by atoms with E-state index in [0.717, 1.165) is 30.8 Å². The molecule has 4 amide bonds. The molecule has 0 aliphatic carbocycles. The van der Waals surface area contributed by atoms with Crippen molar-refractivity contribution in [3.05, 3.63) is 112 Å². The molecule has 0 unspecified atom stereocenters. The maximum Gasteiger partial charge on any atom is 0.417 e. The lowest BCUT2D eigenvalue weighted by molar-refractivity contribution is -0.138. The molecule has 0 fully saturated rings. The number of fused-ring (bicyclic) bond motifs is 2. The Hall–Kier alpha value is -5.46. The van der Waals surface area contributed by atoms with Gasteiger partial charge in [0.25, 0.3) is 23.6 Å². The summed E-state index contributed by atoms with van der Waals surface area (Å²) in [4.78, 5) is 52.7. The average Bonchev–Trinajstić information content (AvgIpc) is 3.36. The highest BCUT2D eigenvalue weighted by molar-refractivity contribution is 6.35. The van der Waals surface area contributed by atoms with E-state index in [1.54, 1.807) is 12.1 Å². The zero-order valence-corrected chi connectivity index (χ0v) is 23.1. The van der Waals surface area contributed by atoms with Crippen LogP contribution in [0, 0.1) is 6.92 Å². The number of ether oxygens (including phenoxy) is 1. The number of halogens is 6. The van der Waals surface area contributed by atoms with E-state index < -0.39 is 80.5 Å². The minimum Gasteiger partial charge on any atom is -0.457 e. The first kappa shape index (κ1) is 29.6. The third-order valence-corrected chi connectivity index (χ3v) is 7.50. The smallest absolute Gasteiger partial charge is 0.417 e. The van der Waals surface area contributed by atoms with Crippen LogP contribution in [-0.4, -0.2) is 35.6 Å². The molecule has 4 aromatic carbocycles. The molecule has 0 N–H and O–H groups in total. The van der Waals surface area contributed by atoms with Gasteiger partial charge >= 0.3 is 12.4 Å². The minimum absolute atomic E-state index is 0.104. The fourth-order valence-corrected chi connectivity index (χ4v) is 5.36. The van der Waals surface area contributed by atoms with Crippen molar-refractivity contribution in [1.29, 1.82) is 0 Å². The van der Waals surface area contributed by atoms with Crippen molar-refractivity contribution in [1.82, 2.24) is 4.90 Å². The molecule has 7 nitrogen and oxygen atoms in total. The van der Waals surface area contributed by atoms with Crippen molar-refractivity contribution >= 4 is 29.3 Å². The summed E-state index contributed by atoms with van der Waals surface area (Å²) in [5.41, 5.74) is -7.37. The normalized spacial score (nSPS) is 14.8. The number of amides is 4. The summed E-state index contributed by atoms with van der Waals surface area (Å²) in [6.07, 6.45) is -10.5. The van der Waals surface area contributed by atoms with Crippen LogP contribution in [0.2, 0.25) is 0 Å². The number of carbonyl (C=O) groups is 4. The van der Waals surface area contributed by atoms with Crippen LogP contribution in [0.1, 0.15) is 58.1 Å². The molecule has 2 aliphatic rings. The van der Waals surface area contributed by atoms with E-state index >= 15 is 0 Å². The summed E-state index contributed by atoms with van der Waals surface area (Å²) in [7, 11) is 0.974. The van der Waals surface area contributed by atoms with E-state index in [4.69, 9.17) is 4.74 Å². The summed E-state index contributed by atoms with van der Waals surface area (Å²) in [5.74, 6) is -4.03. The van der Waals surface area contributed by atoms with Gasteiger partial charge in [0.2, 0.25) is 0 Å². The molecule has 2 aliphatic heterocycles. The second kappa shape index (κ2) is 10.0. The Kier molecular flexibility index (Phi) is 6.61. The maximum absolute atomic E-state index is 14.4. The van der Waals surface area contributed by atoms with Crippen molar-refractivity contribution in [2.45, 2.75) is 19.3 Å². The van der Waals surface area contributed by atoms with Crippen LogP contribution >= 0.6 is 0 Å². The number of carbonyl (C=O) groups excluding carboxylic acids is 4. The molecular formula is C32H18F6N2O5. The molecular weight excluding hydrogens is 606 g/mol. The first-order chi connectivity index (χ1) is 21.1. The van der Waals surface area contributed by atoms with Gasteiger partial charge in [-0.15, -0.1) is 0 Å². The van der Waals surface area contributed by atoms with E-state index in [0.29, 0.717) is 27.4 Å². The van der Waals surface area contributed by atoms with Crippen molar-refractivity contribution in [2.24, 2.45) is 0 Å². The monoisotopic (exact) mass is 624 g/mol. The SMILES string of the molecule is Cc1ccc(Oc2ccc(N3C(=O)c4cc(-c5ccc6c(c5C(F)(F)F)C(=O)N(C)C6=O)cc(C(F)(F)F)c4C3=O)cc2)cc1. The van der Waals surface area contributed by atoms with E-state index in [2.05, 4.69) is 0 Å². The van der Waals surface area contributed by atoms with Gasteiger partial charge in [0, 0.05) is 7.05 Å². The van der Waals surface area contributed by atoms with E-state index in [1.807, 2.05) is 19.1 Å². The Morgan fingerprint density at radius 3 is 1.76 bits per heavy atom. The Labute approximate surface area is 250 Å². The molecule has 4 aromatic rings. The fraction of sp³-hybridized carbons (Fsp3) is 0.125. The number of nitrogens with zero attached hydrogens (tertiary/aromatic N) is 2. The van der Waals surface area contributed by atoms with Crippen LogP contribution in [-0.2, 0) is 12.4 Å². The number of imide groups is 2. The van der Waals surface area contributed by atoms with Crippen molar-refractivity contribution in [3.8, 4) is 22.6 Å². The molecule has 2 heterocycles. The zero-order valence-electron chi connectivity index (χ0n) is 23.1. The van der Waals surface area contributed by atoms with Crippen molar-refractivity contribution in [2.75, 3.05) is 11.9 Å². The lowest BCUT2D eigenvalue weighted by Gasteiger charge is -2.18. The highest BCUT2D eigenvalue weighted by atomic mass is 19.4. The summed E-state index contributed by atoms with van der Waals surface area (Å²) >= 11 is 0. The Balaban J connectivity index is 1.45. The number of hydrogen-bond acceptors (Lipinski definition) is 5. The number of aryl methyl sites for hydroxylation is 1. The first-order valence-electron chi connectivity index (χ1n) is 13.1. The highest BCUT2D eigenvalue weighted by Crippen LogP contribution is 2.46. The van der Waals surface area contributed by atoms with E-state index in [-0.39, 0.29) is 5.69 Å². The summed E-state index contributed by atoms with van der Waals surface area (Å²) in [6.45, 7) is 1.89. The second-order valence-corrected chi connectivity index (χ2v) is 10.4. The molecule has 6 rings (SSSR count). The summed E-state index contributed by atoms with van der Waals surface area (Å²) < 4.78 is 91.9. The highest BCUT2D eigenvalue weighted by Gasteiger charge is 2.48. The average molecular weight is 624 g/mol. The lowest BCUT2D eigenvalue weighted by Crippen LogP contribution is -2.29. The molecule has 0 saturated carbocycles. The van der Waals surface area contributed by atoms with E-state index in [1.165, 1.54) is 24.3 Å². The number of hydrogen-bond donors (Lipinski definition) is 0. The lowest BCUT2D eigenvalue weighted by atomic mass is 9.89. The first-order valence-corrected chi connectivity index (χ1v) is 13.1. The van der Waals surface area contributed by atoms with Crippen molar-refractivity contribution in [3.63, 3.8) is 0 Å². The Morgan fingerprint density at radius 1 is 0.600 bits per heavy atom. The predicted molar refractivity (Wildman–Crippen MR) is 147 cm³/mol. The molecule has 228 valence electrons. The van der Waals surface area contributed by atoms with Crippen LogP contribution in [0.5, 0.6) is 11.5 Å². The van der Waals surface area contributed by atoms with Crippen LogP contribution in [0.15, 0.2) is 72.8 Å². The summed E-state index contributed by atoms with van der Waals surface area (Å²) in [6, 6.07) is 15.1. The van der Waals surface area contributed by atoms with Crippen LogP contribution < -0.4 is 9.64 Å². The van der Waals surface area contributed by atoms with Gasteiger partial charge < -0.3 is 4.74 Å². The van der Waals surface area contributed by atoms with Gasteiger partial charge in [-0.25, -0.2) is 4.90 Å². The number of alkyl halides is 6. The topological polar surface area (TPSA) is 84.0 Å². The number of benzene rings is 4. The van der Waals surface area contributed by atoms with Crippen molar-refractivity contribution < 1.29 is 50.3 Å². The van der Waals surface area contributed by atoms with Gasteiger partial charge in [0.15, 0.2) is 0 Å². The van der Waals surface area contributed by atoms with Gasteiger partial charge in [-0.2, -0.15) is 26.3 Å². The number of anilines is 1. The Bertz CT molecular complexity index is 1950. The van der Waals surface area contributed by atoms with Gasteiger partial charge in [-0.05, 0) is 72.6 Å². The molecule has 0 radical (unpaired) electrons. The van der Waals surface area contributed by atoms with Gasteiger partial charge in [0.1, 0.15) is 11.5 Å². The third kappa shape index (κ3) is 4.80. The Morgan fingerprint density at radius 2 is 1.18 bits per heavy atom. The molecule has 0 saturated heterocycles. The van der Waals surface area contributed by atoms with Crippen LogP contribution in [0.4, 0.5) is 32.0 Å². The summed E-state index contributed by atoms with van der Waals surface area (Å²) in [5, 5.41) is 0. The molecule has 45 heavy (non-hydrogen) atoms. The fourth-order valence-electron chi connectivity index (χ4n) is 5.36. The van der Waals surface area contributed by atoms with Gasteiger partial charge in [-0.3, -0.25) is 24.1 Å².